The van der Waals surface area contributed by atoms with Crippen LogP contribution in [0.5, 0.6) is 0 Å². The van der Waals surface area contributed by atoms with Crippen molar-refractivity contribution < 1.29 is 4.79 Å². The maximum Gasteiger partial charge on any atom is 0.240 e. The summed E-state index contributed by atoms with van der Waals surface area (Å²) in [7, 11) is 0. The summed E-state index contributed by atoms with van der Waals surface area (Å²) >= 11 is 0. The Morgan fingerprint density at radius 3 is 2.37 bits per heavy atom. The number of likely N-dealkylation sites (tertiary alicyclic amines) is 1. The van der Waals surface area contributed by atoms with Crippen LogP contribution in [-0.2, 0) is 11.2 Å². The summed E-state index contributed by atoms with van der Waals surface area (Å²) in [4.78, 5) is 13.9. The van der Waals surface area contributed by atoms with E-state index in [9.17, 15) is 4.79 Å². The van der Waals surface area contributed by atoms with Crippen molar-refractivity contribution in [2.45, 2.75) is 19.3 Å². The summed E-state index contributed by atoms with van der Waals surface area (Å²) in [5, 5.41) is 17.9. The smallest absolute Gasteiger partial charge is 0.240 e. The average molecular weight is 253 g/mol. The normalized spacial score (nSPS) is 15.6. The minimum atomic E-state index is -0.619. The lowest BCUT2D eigenvalue weighted by Crippen LogP contribution is -2.34. The van der Waals surface area contributed by atoms with Crippen LogP contribution >= 0.6 is 0 Å². The zero-order valence-electron chi connectivity index (χ0n) is 10.7. The Bertz CT molecular complexity index is 530. The Kier molecular flexibility index (Phi) is 4.15. The first-order valence-corrected chi connectivity index (χ1v) is 6.42. The summed E-state index contributed by atoms with van der Waals surface area (Å²) in [5.74, 6) is -0.685. The molecule has 0 aromatic heterocycles. The molecule has 1 aliphatic rings. The Labute approximate surface area is 112 Å². The quantitative estimate of drug-likeness (QED) is 0.825. The maximum absolute atomic E-state index is 12.2. The minimum Gasteiger partial charge on any atom is -0.342 e. The molecule has 1 amide bonds. The van der Waals surface area contributed by atoms with Gasteiger partial charge in [-0.2, -0.15) is 10.5 Å². The summed E-state index contributed by atoms with van der Waals surface area (Å²) in [6.45, 7) is 1.54. The second kappa shape index (κ2) is 6.02. The Balaban J connectivity index is 2.04. The molecule has 1 aromatic carbocycles. The molecule has 4 nitrogen and oxygen atoms in total. The van der Waals surface area contributed by atoms with Gasteiger partial charge in [-0.3, -0.25) is 4.79 Å². The third-order valence-electron chi connectivity index (χ3n) is 3.39. The van der Waals surface area contributed by atoms with Gasteiger partial charge < -0.3 is 4.90 Å². The fourth-order valence-corrected chi connectivity index (χ4v) is 2.30. The van der Waals surface area contributed by atoms with Crippen molar-refractivity contribution in [2.24, 2.45) is 5.92 Å². The number of amides is 1. The van der Waals surface area contributed by atoms with Gasteiger partial charge in [-0.15, -0.1) is 0 Å². The van der Waals surface area contributed by atoms with Crippen molar-refractivity contribution in [3.05, 3.63) is 35.4 Å². The molecule has 2 rings (SSSR count). The molecule has 1 atom stereocenters. The van der Waals surface area contributed by atoms with E-state index in [-0.39, 0.29) is 5.91 Å². The van der Waals surface area contributed by atoms with Crippen LogP contribution in [0.4, 0.5) is 0 Å². The molecule has 1 aliphatic heterocycles. The van der Waals surface area contributed by atoms with E-state index < -0.39 is 5.92 Å². The van der Waals surface area contributed by atoms with Gasteiger partial charge in [0.25, 0.3) is 0 Å². The highest BCUT2D eigenvalue weighted by Gasteiger charge is 2.26. The van der Waals surface area contributed by atoms with Crippen LogP contribution in [-0.4, -0.2) is 23.9 Å². The molecule has 1 saturated heterocycles. The summed E-state index contributed by atoms with van der Waals surface area (Å²) in [5.41, 5.74) is 1.50. The second-order valence-electron chi connectivity index (χ2n) is 4.73. The highest BCUT2D eigenvalue weighted by atomic mass is 16.2. The monoisotopic (exact) mass is 253 g/mol. The van der Waals surface area contributed by atoms with Gasteiger partial charge in [-0.05, 0) is 37.0 Å². The molecule has 4 heteroatoms. The first-order chi connectivity index (χ1) is 9.24. The van der Waals surface area contributed by atoms with Gasteiger partial charge in [0.05, 0.1) is 17.7 Å². The fourth-order valence-electron chi connectivity index (χ4n) is 2.30. The van der Waals surface area contributed by atoms with Crippen molar-refractivity contribution in [3.63, 3.8) is 0 Å². The fraction of sp³-hybridized carbons (Fsp3) is 0.400. The predicted molar refractivity (Wildman–Crippen MR) is 69.8 cm³/mol. The lowest BCUT2D eigenvalue weighted by atomic mass is 9.98. The van der Waals surface area contributed by atoms with E-state index in [0.29, 0.717) is 12.0 Å². The standard InChI is InChI=1S/C15H15N3O/c16-10-13-5-3-12(4-6-13)9-14(11-17)15(19)18-7-1-2-8-18/h3-6,14H,1-2,7-9H2. The Morgan fingerprint density at radius 2 is 1.84 bits per heavy atom. The summed E-state index contributed by atoms with van der Waals surface area (Å²) in [6.07, 6.45) is 2.47. The zero-order valence-corrected chi connectivity index (χ0v) is 10.7. The molecule has 0 N–H and O–H groups in total. The van der Waals surface area contributed by atoms with Gasteiger partial charge in [0, 0.05) is 13.1 Å². The lowest BCUT2D eigenvalue weighted by molar-refractivity contribution is -0.132. The third-order valence-corrected chi connectivity index (χ3v) is 3.39. The van der Waals surface area contributed by atoms with E-state index in [0.717, 1.165) is 31.5 Å². The van der Waals surface area contributed by atoms with Gasteiger partial charge >= 0.3 is 0 Å². The van der Waals surface area contributed by atoms with Gasteiger partial charge in [-0.1, -0.05) is 12.1 Å². The van der Waals surface area contributed by atoms with Crippen molar-refractivity contribution in [3.8, 4) is 12.1 Å². The Hall–Kier alpha value is -2.33. The summed E-state index contributed by atoms with van der Waals surface area (Å²) in [6, 6.07) is 11.2. The molecule has 96 valence electrons. The average Bonchev–Trinajstić information content (AvgIpc) is 2.99. The van der Waals surface area contributed by atoms with Crippen molar-refractivity contribution >= 4 is 5.91 Å². The largest absolute Gasteiger partial charge is 0.342 e. The van der Waals surface area contributed by atoms with Crippen LogP contribution in [0.1, 0.15) is 24.0 Å². The number of carbonyl (C=O) groups is 1. The highest BCUT2D eigenvalue weighted by Crippen LogP contribution is 2.16. The SMILES string of the molecule is N#Cc1ccc(CC(C#N)C(=O)N2CCCC2)cc1. The van der Waals surface area contributed by atoms with Gasteiger partial charge in [-0.25, -0.2) is 0 Å². The topological polar surface area (TPSA) is 67.9 Å². The first kappa shape index (κ1) is 13.1. The van der Waals surface area contributed by atoms with Crippen LogP contribution < -0.4 is 0 Å². The maximum atomic E-state index is 12.2. The van der Waals surface area contributed by atoms with E-state index in [1.54, 1.807) is 29.2 Å². The number of hydrogen-bond donors (Lipinski definition) is 0. The van der Waals surface area contributed by atoms with E-state index in [1.807, 2.05) is 6.07 Å². The van der Waals surface area contributed by atoms with Crippen LogP contribution in [0.3, 0.4) is 0 Å². The zero-order chi connectivity index (χ0) is 13.7. The van der Waals surface area contributed by atoms with Gasteiger partial charge in [0.2, 0.25) is 5.91 Å². The molecule has 0 radical (unpaired) electrons. The molecule has 19 heavy (non-hydrogen) atoms. The number of benzene rings is 1. The minimum absolute atomic E-state index is 0.0654. The van der Waals surface area contributed by atoms with Crippen molar-refractivity contribution in [1.29, 1.82) is 10.5 Å². The van der Waals surface area contributed by atoms with Crippen LogP contribution in [0.15, 0.2) is 24.3 Å². The molecule has 0 bridgehead atoms. The number of nitriles is 2. The third kappa shape index (κ3) is 3.11. The van der Waals surface area contributed by atoms with E-state index in [1.165, 1.54) is 0 Å². The number of nitrogens with zero attached hydrogens (tertiary/aromatic N) is 3. The molecular weight excluding hydrogens is 238 g/mol. The molecule has 1 aromatic rings. The highest BCUT2D eigenvalue weighted by molar-refractivity contribution is 5.81. The molecule has 0 spiro atoms. The number of hydrogen-bond acceptors (Lipinski definition) is 3. The summed E-state index contributed by atoms with van der Waals surface area (Å²) < 4.78 is 0. The predicted octanol–water partition coefficient (Wildman–Crippen LogP) is 1.86. The second-order valence-corrected chi connectivity index (χ2v) is 4.73. The number of rotatable bonds is 3. The number of carbonyl (C=O) groups excluding carboxylic acids is 1. The van der Waals surface area contributed by atoms with E-state index >= 15 is 0 Å². The lowest BCUT2D eigenvalue weighted by Gasteiger charge is -2.18. The molecule has 1 heterocycles. The van der Waals surface area contributed by atoms with Gasteiger partial charge in [0.1, 0.15) is 5.92 Å². The van der Waals surface area contributed by atoms with Crippen molar-refractivity contribution in [1.82, 2.24) is 4.90 Å². The van der Waals surface area contributed by atoms with Gasteiger partial charge in [0.15, 0.2) is 0 Å². The van der Waals surface area contributed by atoms with Crippen LogP contribution in [0.25, 0.3) is 0 Å². The molecule has 0 aliphatic carbocycles. The van der Waals surface area contributed by atoms with E-state index in [4.69, 9.17) is 10.5 Å². The van der Waals surface area contributed by atoms with Crippen molar-refractivity contribution in [2.75, 3.05) is 13.1 Å². The first-order valence-electron chi connectivity index (χ1n) is 6.42. The van der Waals surface area contributed by atoms with Crippen LogP contribution in [0.2, 0.25) is 0 Å². The van der Waals surface area contributed by atoms with Crippen LogP contribution in [0, 0.1) is 28.6 Å². The Morgan fingerprint density at radius 1 is 1.21 bits per heavy atom. The molecular formula is C15H15N3O. The van der Waals surface area contributed by atoms with E-state index in [2.05, 4.69) is 6.07 Å². The molecule has 0 saturated carbocycles. The molecule has 1 unspecified atom stereocenters. The molecule has 1 fully saturated rings.